The first-order valence-corrected chi connectivity index (χ1v) is 5.52. The highest BCUT2D eigenvalue weighted by molar-refractivity contribution is 6.09. The molecular formula is C14H10F3NO. The van der Waals surface area contributed by atoms with Crippen molar-refractivity contribution < 1.29 is 18.0 Å². The third-order valence-corrected chi connectivity index (χ3v) is 2.68. The molecule has 1 aromatic carbocycles. The molecule has 98 valence electrons. The first kappa shape index (κ1) is 13.3. The smallest absolute Gasteiger partial charge is 0.289 e. The number of carbonyl (C=O) groups is 1. The summed E-state index contributed by atoms with van der Waals surface area (Å²) in [6.45, 7) is 1.83. The molecule has 0 unspecified atom stereocenters. The highest BCUT2D eigenvalue weighted by Gasteiger charge is 2.35. The second-order valence-corrected chi connectivity index (χ2v) is 4.11. The summed E-state index contributed by atoms with van der Waals surface area (Å²) in [7, 11) is 0. The molecule has 2 rings (SSSR count). The molecule has 2 aromatic rings. The number of aryl methyl sites for hydroxylation is 1. The molecule has 0 aliphatic carbocycles. The number of ketones is 1. The Hall–Kier alpha value is -2.17. The number of pyridine rings is 1. The number of hydrogen-bond acceptors (Lipinski definition) is 2. The van der Waals surface area contributed by atoms with Gasteiger partial charge in [-0.25, -0.2) is 0 Å². The lowest BCUT2D eigenvalue weighted by Crippen LogP contribution is -2.14. The van der Waals surface area contributed by atoms with Crippen LogP contribution in [0.4, 0.5) is 13.2 Å². The normalized spacial score (nSPS) is 11.4. The fourth-order valence-electron chi connectivity index (χ4n) is 1.68. The summed E-state index contributed by atoms with van der Waals surface area (Å²) in [4.78, 5) is 15.7. The molecular weight excluding hydrogens is 255 g/mol. The van der Waals surface area contributed by atoms with Crippen LogP contribution in [-0.4, -0.2) is 10.8 Å². The van der Waals surface area contributed by atoms with E-state index in [1.807, 2.05) is 6.92 Å². The third kappa shape index (κ3) is 2.81. The largest absolute Gasteiger partial charge is 0.417 e. The van der Waals surface area contributed by atoms with Crippen LogP contribution in [-0.2, 0) is 6.18 Å². The number of aromatic nitrogens is 1. The highest BCUT2D eigenvalue weighted by atomic mass is 19.4. The molecule has 0 aliphatic rings. The molecule has 1 heterocycles. The number of carbonyl (C=O) groups excluding carboxylic acids is 1. The fourth-order valence-corrected chi connectivity index (χ4v) is 1.68. The molecule has 0 aliphatic heterocycles. The van der Waals surface area contributed by atoms with E-state index in [0.717, 1.165) is 24.0 Å². The Bertz CT molecular complexity index is 603. The Balaban J connectivity index is 2.48. The van der Waals surface area contributed by atoms with Crippen molar-refractivity contribution >= 4 is 5.78 Å². The summed E-state index contributed by atoms with van der Waals surface area (Å²) in [6, 6.07) is 7.17. The molecule has 1 aromatic heterocycles. The minimum atomic E-state index is -4.57. The number of alkyl halides is 3. The van der Waals surface area contributed by atoms with Crippen molar-refractivity contribution in [2.24, 2.45) is 0 Å². The van der Waals surface area contributed by atoms with E-state index in [0.29, 0.717) is 0 Å². The molecule has 2 nitrogen and oxygen atoms in total. The van der Waals surface area contributed by atoms with Gasteiger partial charge in [0.05, 0.1) is 11.1 Å². The highest BCUT2D eigenvalue weighted by Crippen LogP contribution is 2.32. The van der Waals surface area contributed by atoms with Gasteiger partial charge in [0.15, 0.2) is 5.78 Å². The summed E-state index contributed by atoms with van der Waals surface area (Å²) < 4.78 is 38.4. The van der Waals surface area contributed by atoms with Gasteiger partial charge >= 0.3 is 6.18 Å². The van der Waals surface area contributed by atoms with Crippen molar-refractivity contribution in [2.45, 2.75) is 13.1 Å². The summed E-state index contributed by atoms with van der Waals surface area (Å²) in [5.41, 5.74) is -0.255. The van der Waals surface area contributed by atoms with Crippen molar-refractivity contribution in [1.82, 2.24) is 4.98 Å². The van der Waals surface area contributed by atoms with E-state index in [9.17, 15) is 18.0 Å². The topological polar surface area (TPSA) is 30.0 Å². The lowest BCUT2D eigenvalue weighted by Gasteiger charge is -2.11. The standard InChI is InChI=1S/C14H10F3NO/c1-9-2-4-10(5-3-9)13(19)11-8-18-7-6-12(11)14(15,16)17/h2-8H,1H3. The van der Waals surface area contributed by atoms with Crippen molar-refractivity contribution in [2.75, 3.05) is 0 Å². The molecule has 0 fully saturated rings. The van der Waals surface area contributed by atoms with E-state index in [1.54, 1.807) is 12.1 Å². The Labute approximate surface area is 107 Å². The molecule has 0 atom stereocenters. The Kier molecular flexibility index (Phi) is 3.38. The minimum absolute atomic E-state index is 0.212. The van der Waals surface area contributed by atoms with E-state index in [2.05, 4.69) is 4.98 Å². The van der Waals surface area contributed by atoms with Gasteiger partial charge in [0, 0.05) is 18.0 Å². The van der Waals surface area contributed by atoms with E-state index in [1.165, 1.54) is 12.1 Å². The maximum absolute atomic E-state index is 12.8. The van der Waals surface area contributed by atoms with Gasteiger partial charge < -0.3 is 0 Å². The molecule has 0 spiro atoms. The summed E-state index contributed by atoms with van der Waals surface area (Å²) >= 11 is 0. The average Bonchev–Trinajstić information content (AvgIpc) is 2.38. The molecule has 0 saturated carbocycles. The maximum atomic E-state index is 12.8. The van der Waals surface area contributed by atoms with E-state index >= 15 is 0 Å². The summed E-state index contributed by atoms with van der Waals surface area (Å²) in [5.74, 6) is -0.680. The van der Waals surface area contributed by atoms with E-state index in [4.69, 9.17) is 0 Å². The predicted octanol–water partition coefficient (Wildman–Crippen LogP) is 3.64. The van der Waals surface area contributed by atoms with Crippen LogP contribution in [0.3, 0.4) is 0 Å². The van der Waals surface area contributed by atoms with Crippen LogP contribution in [0.25, 0.3) is 0 Å². The number of nitrogens with zero attached hydrogens (tertiary/aromatic N) is 1. The molecule has 0 amide bonds. The summed E-state index contributed by atoms with van der Waals surface area (Å²) in [5, 5.41) is 0. The van der Waals surface area contributed by atoms with Crippen LogP contribution in [0.1, 0.15) is 27.0 Å². The zero-order chi connectivity index (χ0) is 14.0. The molecule has 0 radical (unpaired) electrons. The van der Waals surface area contributed by atoms with Gasteiger partial charge in [-0.3, -0.25) is 9.78 Å². The first-order valence-electron chi connectivity index (χ1n) is 5.52. The first-order chi connectivity index (χ1) is 8.89. The van der Waals surface area contributed by atoms with Gasteiger partial charge in [-0.1, -0.05) is 29.8 Å². The second kappa shape index (κ2) is 4.84. The molecule has 5 heteroatoms. The van der Waals surface area contributed by atoms with Crippen LogP contribution in [0, 0.1) is 6.92 Å². The van der Waals surface area contributed by atoms with Crippen LogP contribution >= 0.6 is 0 Å². The zero-order valence-electron chi connectivity index (χ0n) is 10.0. The average molecular weight is 265 g/mol. The quantitative estimate of drug-likeness (QED) is 0.776. The van der Waals surface area contributed by atoms with Gasteiger partial charge in [0.25, 0.3) is 0 Å². The Morgan fingerprint density at radius 1 is 1.11 bits per heavy atom. The van der Waals surface area contributed by atoms with Crippen LogP contribution < -0.4 is 0 Å². The number of benzene rings is 1. The minimum Gasteiger partial charge on any atom is -0.289 e. The van der Waals surface area contributed by atoms with Crippen molar-refractivity contribution in [1.29, 1.82) is 0 Å². The molecule has 0 saturated heterocycles. The number of halogens is 3. The number of hydrogen-bond donors (Lipinski definition) is 0. The number of rotatable bonds is 2. The SMILES string of the molecule is Cc1ccc(C(=O)c2cnccc2C(F)(F)F)cc1. The Morgan fingerprint density at radius 2 is 1.74 bits per heavy atom. The Morgan fingerprint density at radius 3 is 2.32 bits per heavy atom. The van der Waals surface area contributed by atoms with Crippen molar-refractivity contribution in [3.05, 3.63) is 65.0 Å². The van der Waals surface area contributed by atoms with Crippen LogP contribution in [0.5, 0.6) is 0 Å². The molecule has 19 heavy (non-hydrogen) atoms. The van der Waals surface area contributed by atoms with E-state index < -0.39 is 23.1 Å². The van der Waals surface area contributed by atoms with Crippen molar-refractivity contribution in [3.63, 3.8) is 0 Å². The monoisotopic (exact) mass is 265 g/mol. The molecule has 0 bridgehead atoms. The van der Waals surface area contributed by atoms with Gasteiger partial charge in [-0.05, 0) is 13.0 Å². The third-order valence-electron chi connectivity index (χ3n) is 2.68. The summed E-state index contributed by atoms with van der Waals surface area (Å²) in [6.07, 6.45) is -2.60. The predicted molar refractivity (Wildman–Crippen MR) is 63.9 cm³/mol. The zero-order valence-corrected chi connectivity index (χ0v) is 10.0. The van der Waals surface area contributed by atoms with E-state index in [-0.39, 0.29) is 5.56 Å². The lowest BCUT2D eigenvalue weighted by molar-refractivity contribution is -0.137. The van der Waals surface area contributed by atoms with Crippen molar-refractivity contribution in [3.8, 4) is 0 Å². The van der Waals surface area contributed by atoms with Crippen LogP contribution in [0.2, 0.25) is 0 Å². The van der Waals surface area contributed by atoms with Crippen LogP contribution in [0.15, 0.2) is 42.7 Å². The van der Waals surface area contributed by atoms with Gasteiger partial charge in [-0.2, -0.15) is 13.2 Å². The lowest BCUT2D eigenvalue weighted by atomic mass is 9.99. The maximum Gasteiger partial charge on any atom is 0.417 e. The fraction of sp³-hybridized carbons (Fsp3) is 0.143. The van der Waals surface area contributed by atoms with Gasteiger partial charge in [-0.15, -0.1) is 0 Å². The second-order valence-electron chi connectivity index (χ2n) is 4.11. The van der Waals surface area contributed by atoms with Gasteiger partial charge in [0.1, 0.15) is 0 Å². The van der Waals surface area contributed by atoms with Gasteiger partial charge in [0.2, 0.25) is 0 Å². The molecule has 0 N–H and O–H groups in total.